The molecule has 0 aliphatic heterocycles. The summed E-state index contributed by atoms with van der Waals surface area (Å²) in [5.74, 6) is 0. The van der Waals surface area contributed by atoms with Crippen LogP contribution in [0.3, 0.4) is 0 Å². The van der Waals surface area contributed by atoms with Crippen LogP contribution in [0.15, 0.2) is 247 Å². The van der Waals surface area contributed by atoms with Crippen molar-refractivity contribution in [1.82, 2.24) is 4.57 Å². The van der Waals surface area contributed by atoms with Crippen LogP contribution >= 0.6 is 0 Å². The van der Waals surface area contributed by atoms with E-state index >= 15 is 0 Å². The molecule has 0 aliphatic rings. The van der Waals surface area contributed by atoms with Crippen molar-refractivity contribution in [2.24, 2.45) is 0 Å². The van der Waals surface area contributed by atoms with Crippen LogP contribution in [0.25, 0.3) is 104 Å². The molecule has 2 aromatic heterocycles. The minimum absolute atomic E-state index is 0.899. The van der Waals surface area contributed by atoms with Gasteiger partial charge in [-0.15, -0.1) is 0 Å². The van der Waals surface area contributed by atoms with Crippen molar-refractivity contribution >= 4 is 82.4 Å². The predicted octanol–water partition coefficient (Wildman–Crippen LogP) is 17.5. The first kappa shape index (κ1) is 36.9. The van der Waals surface area contributed by atoms with Crippen LogP contribution in [0.4, 0.5) is 17.1 Å². The zero-order chi connectivity index (χ0) is 42.8. The summed E-state index contributed by atoms with van der Waals surface area (Å²) < 4.78 is 8.64. The molecule has 3 heteroatoms. The maximum atomic E-state index is 6.27. The first-order valence-electron chi connectivity index (χ1n) is 22.2. The highest BCUT2D eigenvalue weighted by Crippen LogP contribution is 2.43. The van der Waals surface area contributed by atoms with Gasteiger partial charge in [-0.05, 0) is 128 Å². The van der Waals surface area contributed by atoms with Gasteiger partial charge in [0.05, 0.1) is 16.7 Å². The van der Waals surface area contributed by atoms with Gasteiger partial charge in [0, 0.05) is 44.0 Å². The van der Waals surface area contributed by atoms with Crippen molar-refractivity contribution < 1.29 is 4.42 Å². The Morgan fingerprint density at radius 3 is 1.48 bits per heavy atom. The summed E-state index contributed by atoms with van der Waals surface area (Å²) in [4.78, 5) is 2.40. The Labute approximate surface area is 376 Å². The van der Waals surface area contributed by atoms with Crippen molar-refractivity contribution in [2.75, 3.05) is 4.90 Å². The average Bonchev–Trinajstić information content (AvgIpc) is 3.92. The third-order valence-electron chi connectivity index (χ3n) is 13.2. The number of hydrogen-bond acceptors (Lipinski definition) is 2. The number of hydrogen-bond donors (Lipinski definition) is 0. The van der Waals surface area contributed by atoms with Crippen LogP contribution in [0.1, 0.15) is 0 Å². The van der Waals surface area contributed by atoms with Gasteiger partial charge in [-0.25, -0.2) is 0 Å². The van der Waals surface area contributed by atoms with Crippen LogP contribution in [0.2, 0.25) is 0 Å². The lowest BCUT2D eigenvalue weighted by Crippen LogP contribution is -2.10. The maximum absolute atomic E-state index is 6.27. The lowest BCUT2D eigenvalue weighted by atomic mass is 9.97. The van der Waals surface area contributed by atoms with Gasteiger partial charge in [0.25, 0.3) is 0 Å². The second kappa shape index (κ2) is 15.0. The van der Waals surface area contributed by atoms with Crippen LogP contribution in [0, 0.1) is 0 Å². The number of rotatable bonds is 7. The summed E-state index contributed by atoms with van der Waals surface area (Å²) in [6, 6.07) is 87.8. The van der Waals surface area contributed by atoms with Gasteiger partial charge in [0.1, 0.15) is 11.2 Å². The molecule has 0 amide bonds. The highest BCUT2D eigenvalue weighted by molar-refractivity contribution is 6.15. The van der Waals surface area contributed by atoms with E-state index in [0.29, 0.717) is 0 Å². The van der Waals surface area contributed by atoms with Gasteiger partial charge < -0.3 is 13.9 Å². The van der Waals surface area contributed by atoms with Gasteiger partial charge >= 0.3 is 0 Å². The minimum atomic E-state index is 0.899. The van der Waals surface area contributed by atoms with Gasteiger partial charge in [-0.1, -0.05) is 164 Å². The molecule has 0 N–H and O–H groups in total. The molecule has 0 saturated heterocycles. The molecule has 13 rings (SSSR count). The molecule has 0 spiro atoms. The normalized spacial score (nSPS) is 11.7. The number of anilines is 3. The van der Waals surface area contributed by atoms with E-state index in [1.54, 1.807) is 0 Å². The van der Waals surface area contributed by atoms with Crippen LogP contribution in [0.5, 0.6) is 0 Å². The SMILES string of the molecule is c1cc(-c2ccc(N(c3ccc(-c4ccc5c(c4)oc4ccccc45)cc3)c3cccc4ccc5ccccc5c34)cc2)cc(-c2ccc(-n3c4ccccc4c4ccccc43)cc2)c1. The Hall–Kier alpha value is -8.66. The molecule has 0 aliphatic carbocycles. The zero-order valence-corrected chi connectivity index (χ0v) is 35.4. The molecule has 2 heterocycles. The van der Waals surface area contributed by atoms with Crippen molar-refractivity contribution in [1.29, 1.82) is 0 Å². The lowest BCUT2D eigenvalue weighted by Gasteiger charge is -2.28. The quantitative estimate of drug-likeness (QED) is 0.149. The third-order valence-corrected chi connectivity index (χ3v) is 13.2. The maximum Gasteiger partial charge on any atom is 0.136 e. The van der Waals surface area contributed by atoms with Crippen LogP contribution < -0.4 is 4.90 Å². The van der Waals surface area contributed by atoms with Crippen molar-refractivity contribution in [2.45, 2.75) is 0 Å². The number of furan rings is 1. The second-order valence-electron chi connectivity index (χ2n) is 16.9. The molecule has 11 aromatic carbocycles. The molecule has 0 unspecified atom stereocenters. The smallest absolute Gasteiger partial charge is 0.136 e. The van der Waals surface area contributed by atoms with E-state index in [-0.39, 0.29) is 0 Å². The summed E-state index contributed by atoms with van der Waals surface area (Å²) in [5, 5.41) is 9.71. The first-order valence-corrected chi connectivity index (χ1v) is 22.2. The van der Waals surface area contributed by atoms with Crippen molar-refractivity contribution in [3.05, 3.63) is 243 Å². The van der Waals surface area contributed by atoms with E-state index in [1.165, 1.54) is 60.0 Å². The van der Waals surface area contributed by atoms with Crippen molar-refractivity contribution in [3.63, 3.8) is 0 Å². The number of nitrogens with zero attached hydrogens (tertiary/aromatic N) is 2. The third kappa shape index (κ3) is 6.20. The molecule has 304 valence electrons. The fourth-order valence-electron chi connectivity index (χ4n) is 10.0. The molecule has 65 heavy (non-hydrogen) atoms. The van der Waals surface area contributed by atoms with E-state index in [0.717, 1.165) is 61.4 Å². The standard InChI is InChI=1S/C62H40N2O/c1-2-15-52-44(11-1)23-24-45-12-10-21-59(62(45)52)63(50-34-27-43(28-35-50)48-31-38-56-55-18-5-8-22-60(55)65-61(56)40-48)49-32-25-41(26-33-49)46-13-9-14-47(39-46)42-29-36-51(37-30-42)64-57-19-6-3-16-53(57)54-17-4-7-20-58(54)64/h1-40H. The van der Waals surface area contributed by atoms with Crippen LogP contribution in [-0.4, -0.2) is 4.57 Å². The summed E-state index contributed by atoms with van der Waals surface area (Å²) >= 11 is 0. The Morgan fingerprint density at radius 2 is 0.800 bits per heavy atom. The fourth-order valence-corrected chi connectivity index (χ4v) is 10.0. The first-order chi connectivity index (χ1) is 32.2. The van der Waals surface area contributed by atoms with E-state index in [9.17, 15) is 0 Å². The molecule has 0 saturated carbocycles. The number of benzene rings is 11. The molecular weight excluding hydrogens is 789 g/mol. The molecule has 13 aromatic rings. The van der Waals surface area contributed by atoms with Gasteiger partial charge in [-0.2, -0.15) is 0 Å². The van der Waals surface area contributed by atoms with Gasteiger partial charge in [-0.3, -0.25) is 0 Å². The van der Waals surface area contributed by atoms with Crippen molar-refractivity contribution in [3.8, 4) is 39.1 Å². The van der Waals surface area contributed by atoms with Gasteiger partial charge in [0.2, 0.25) is 0 Å². The summed E-state index contributed by atoms with van der Waals surface area (Å²) in [6.45, 7) is 0. The highest BCUT2D eigenvalue weighted by atomic mass is 16.3. The van der Waals surface area contributed by atoms with E-state index in [1.807, 2.05) is 12.1 Å². The highest BCUT2D eigenvalue weighted by Gasteiger charge is 2.19. The van der Waals surface area contributed by atoms with Gasteiger partial charge in [0.15, 0.2) is 0 Å². The number of fused-ring (bicyclic) bond motifs is 9. The Bertz CT molecular complexity index is 3880. The molecule has 0 fully saturated rings. The molecule has 3 nitrogen and oxygen atoms in total. The fraction of sp³-hybridized carbons (Fsp3) is 0. The lowest BCUT2D eigenvalue weighted by molar-refractivity contribution is 0.669. The average molecular weight is 829 g/mol. The Morgan fingerprint density at radius 1 is 0.308 bits per heavy atom. The van der Waals surface area contributed by atoms with E-state index < -0.39 is 0 Å². The largest absolute Gasteiger partial charge is 0.456 e. The molecule has 0 radical (unpaired) electrons. The molecule has 0 atom stereocenters. The zero-order valence-electron chi connectivity index (χ0n) is 35.4. The monoisotopic (exact) mass is 828 g/mol. The Balaban J connectivity index is 0.863. The van der Waals surface area contributed by atoms with E-state index in [2.05, 4.69) is 240 Å². The topological polar surface area (TPSA) is 21.3 Å². The molecule has 0 bridgehead atoms. The van der Waals surface area contributed by atoms with E-state index in [4.69, 9.17) is 4.42 Å². The number of aromatic nitrogens is 1. The minimum Gasteiger partial charge on any atom is -0.456 e. The summed E-state index contributed by atoms with van der Waals surface area (Å²) in [6.07, 6.45) is 0. The summed E-state index contributed by atoms with van der Waals surface area (Å²) in [5.41, 5.74) is 15.7. The second-order valence-corrected chi connectivity index (χ2v) is 16.9. The molecular formula is C62H40N2O. The Kier molecular flexibility index (Phi) is 8.53. The van der Waals surface area contributed by atoms with Crippen LogP contribution in [-0.2, 0) is 0 Å². The number of para-hydroxylation sites is 3. The summed E-state index contributed by atoms with van der Waals surface area (Å²) in [7, 11) is 0. The predicted molar refractivity (Wildman–Crippen MR) is 274 cm³/mol.